The second kappa shape index (κ2) is 6.38. The van der Waals surface area contributed by atoms with Crippen molar-refractivity contribution < 1.29 is 4.92 Å². The summed E-state index contributed by atoms with van der Waals surface area (Å²) in [5.74, 6) is 0.979. The quantitative estimate of drug-likeness (QED) is 0.601. The van der Waals surface area contributed by atoms with E-state index in [0.29, 0.717) is 0 Å². The average molecular weight is 277 g/mol. The van der Waals surface area contributed by atoms with Crippen molar-refractivity contribution in [3.8, 4) is 0 Å². The summed E-state index contributed by atoms with van der Waals surface area (Å²) in [6.45, 7) is 0. The van der Waals surface area contributed by atoms with Gasteiger partial charge in [0.25, 0.3) is 0 Å². The minimum atomic E-state index is -0.417. The molecule has 2 aromatic rings. The van der Waals surface area contributed by atoms with Gasteiger partial charge in [0.15, 0.2) is 0 Å². The largest absolute Gasteiger partial charge is 0.307 e. The Morgan fingerprint density at radius 3 is 2.74 bits per heavy atom. The van der Waals surface area contributed by atoms with Crippen molar-refractivity contribution in [1.29, 1.82) is 0 Å². The Bertz CT molecular complexity index is 542. The maximum Gasteiger partial charge on any atom is 0.307 e. The van der Waals surface area contributed by atoms with Gasteiger partial charge < -0.3 is 0 Å². The SMILES string of the molecule is CSCCC(c1ccccc1)n1cc([N+](=O)[O-])cn1. The van der Waals surface area contributed by atoms with Gasteiger partial charge in [0.05, 0.1) is 11.0 Å². The topological polar surface area (TPSA) is 61.0 Å². The van der Waals surface area contributed by atoms with Crippen LogP contribution in [-0.4, -0.2) is 26.7 Å². The van der Waals surface area contributed by atoms with Crippen LogP contribution in [0.5, 0.6) is 0 Å². The lowest BCUT2D eigenvalue weighted by Gasteiger charge is -2.17. The maximum atomic E-state index is 10.7. The Kier molecular flexibility index (Phi) is 4.57. The molecule has 1 heterocycles. The number of rotatable bonds is 6. The summed E-state index contributed by atoms with van der Waals surface area (Å²) in [6.07, 6.45) is 5.74. The second-order valence-electron chi connectivity index (χ2n) is 4.14. The van der Waals surface area contributed by atoms with Crippen LogP contribution >= 0.6 is 11.8 Å². The number of hydrogen-bond donors (Lipinski definition) is 0. The van der Waals surface area contributed by atoms with Crippen LogP contribution in [0, 0.1) is 10.1 Å². The van der Waals surface area contributed by atoms with Crippen LogP contribution in [0.1, 0.15) is 18.0 Å². The molecule has 0 amide bonds. The third-order valence-electron chi connectivity index (χ3n) is 2.90. The van der Waals surface area contributed by atoms with Gasteiger partial charge in [-0.15, -0.1) is 0 Å². The Morgan fingerprint density at radius 2 is 2.16 bits per heavy atom. The third kappa shape index (κ3) is 3.35. The van der Waals surface area contributed by atoms with Gasteiger partial charge in [0, 0.05) is 0 Å². The summed E-state index contributed by atoms with van der Waals surface area (Å²) < 4.78 is 1.68. The molecule has 0 saturated carbocycles. The molecule has 0 aliphatic carbocycles. The van der Waals surface area contributed by atoms with E-state index in [9.17, 15) is 10.1 Å². The molecular weight excluding hydrogens is 262 g/mol. The van der Waals surface area contributed by atoms with Gasteiger partial charge in [-0.25, -0.2) is 0 Å². The fraction of sp³-hybridized carbons (Fsp3) is 0.308. The molecular formula is C13H15N3O2S. The molecule has 1 atom stereocenters. The van der Waals surface area contributed by atoms with Gasteiger partial charge >= 0.3 is 5.69 Å². The number of hydrogen-bond acceptors (Lipinski definition) is 4. The molecule has 1 aromatic carbocycles. The Hall–Kier alpha value is -1.82. The highest BCUT2D eigenvalue weighted by atomic mass is 32.2. The van der Waals surface area contributed by atoms with E-state index in [1.54, 1.807) is 16.4 Å². The van der Waals surface area contributed by atoms with Crippen LogP contribution in [0.15, 0.2) is 42.7 Å². The van der Waals surface area contributed by atoms with Gasteiger partial charge in [0.2, 0.25) is 0 Å². The van der Waals surface area contributed by atoms with Crippen molar-refractivity contribution in [3.05, 3.63) is 58.4 Å². The van der Waals surface area contributed by atoms with Crippen molar-refractivity contribution in [3.63, 3.8) is 0 Å². The van der Waals surface area contributed by atoms with Crippen LogP contribution in [-0.2, 0) is 0 Å². The molecule has 5 nitrogen and oxygen atoms in total. The van der Waals surface area contributed by atoms with Crippen LogP contribution in [0.25, 0.3) is 0 Å². The molecule has 0 spiro atoms. The smallest absolute Gasteiger partial charge is 0.258 e. The fourth-order valence-electron chi connectivity index (χ4n) is 1.95. The van der Waals surface area contributed by atoms with Crippen molar-refractivity contribution in [1.82, 2.24) is 9.78 Å². The van der Waals surface area contributed by atoms with Crippen molar-refractivity contribution in [2.75, 3.05) is 12.0 Å². The van der Waals surface area contributed by atoms with E-state index in [4.69, 9.17) is 0 Å². The number of benzene rings is 1. The minimum absolute atomic E-state index is 0.0325. The van der Waals surface area contributed by atoms with Gasteiger partial charge in [-0.1, -0.05) is 30.3 Å². The van der Waals surface area contributed by atoms with Crippen molar-refractivity contribution >= 4 is 17.4 Å². The summed E-state index contributed by atoms with van der Waals surface area (Å²) in [5, 5.41) is 14.9. The normalized spacial score (nSPS) is 12.3. The number of thioether (sulfide) groups is 1. The van der Waals surface area contributed by atoms with E-state index < -0.39 is 4.92 Å². The van der Waals surface area contributed by atoms with Gasteiger partial charge in [0.1, 0.15) is 12.4 Å². The molecule has 0 bridgehead atoms. The molecule has 1 unspecified atom stereocenters. The zero-order valence-corrected chi connectivity index (χ0v) is 11.4. The Labute approximate surface area is 115 Å². The first kappa shape index (κ1) is 13.6. The molecule has 0 saturated heterocycles. The molecule has 6 heteroatoms. The monoisotopic (exact) mass is 277 g/mol. The molecule has 0 fully saturated rings. The number of aromatic nitrogens is 2. The lowest BCUT2D eigenvalue weighted by Crippen LogP contribution is -2.12. The highest BCUT2D eigenvalue weighted by Gasteiger charge is 2.17. The van der Waals surface area contributed by atoms with E-state index in [2.05, 4.69) is 5.10 Å². The molecule has 1 aromatic heterocycles. The standard InChI is InChI=1S/C13H15N3O2S/c1-19-8-7-13(11-5-3-2-4-6-11)15-10-12(9-14-15)16(17)18/h2-6,9-10,13H,7-8H2,1H3. The first-order chi connectivity index (χ1) is 9.22. The van der Waals surface area contributed by atoms with Gasteiger partial charge in [-0.05, 0) is 24.0 Å². The first-order valence-corrected chi connectivity index (χ1v) is 7.34. The summed E-state index contributed by atoms with van der Waals surface area (Å²) in [6, 6.07) is 10.00. The van der Waals surface area contributed by atoms with Crippen molar-refractivity contribution in [2.45, 2.75) is 12.5 Å². The Balaban J connectivity index is 2.28. The van der Waals surface area contributed by atoms with Gasteiger partial charge in [-0.2, -0.15) is 16.9 Å². The average Bonchev–Trinajstić information content (AvgIpc) is 2.90. The van der Waals surface area contributed by atoms with E-state index in [1.165, 1.54) is 12.4 Å². The highest BCUT2D eigenvalue weighted by molar-refractivity contribution is 7.98. The molecule has 2 rings (SSSR count). The third-order valence-corrected chi connectivity index (χ3v) is 3.54. The molecule has 0 radical (unpaired) electrons. The van der Waals surface area contributed by atoms with Crippen LogP contribution in [0.4, 0.5) is 5.69 Å². The minimum Gasteiger partial charge on any atom is -0.258 e. The number of nitro groups is 1. The molecule has 100 valence electrons. The molecule has 0 aliphatic heterocycles. The Morgan fingerprint density at radius 1 is 1.42 bits per heavy atom. The fourth-order valence-corrected chi connectivity index (χ4v) is 2.41. The zero-order chi connectivity index (χ0) is 13.7. The van der Waals surface area contributed by atoms with Crippen LogP contribution in [0.2, 0.25) is 0 Å². The summed E-state index contributed by atoms with van der Waals surface area (Å²) in [7, 11) is 0. The summed E-state index contributed by atoms with van der Waals surface area (Å²) in [4.78, 5) is 10.3. The van der Waals surface area contributed by atoms with Crippen LogP contribution < -0.4 is 0 Å². The lowest BCUT2D eigenvalue weighted by atomic mass is 10.1. The van der Waals surface area contributed by atoms with E-state index in [1.807, 2.05) is 36.6 Å². The molecule has 0 N–H and O–H groups in total. The van der Waals surface area contributed by atoms with Gasteiger partial charge in [-0.3, -0.25) is 14.8 Å². The predicted octanol–water partition coefficient (Wildman–Crippen LogP) is 3.13. The lowest BCUT2D eigenvalue weighted by molar-refractivity contribution is -0.385. The van der Waals surface area contributed by atoms with Crippen molar-refractivity contribution in [2.24, 2.45) is 0 Å². The first-order valence-electron chi connectivity index (χ1n) is 5.95. The highest BCUT2D eigenvalue weighted by Crippen LogP contribution is 2.24. The summed E-state index contributed by atoms with van der Waals surface area (Å²) >= 11 is 1.76. The molecule has 19 heavy (non-hydrogen) atoms. The van der Waals surface area contributed by atoms with E-state index in [0.717, 1.165) is 17.7 Å². The predicted molar refractivity (Wildman–Crippen MR) is 76.5 cm³/mol. The van der Waals surface area contributed by atoms with Crippen LogP contribution in [0.3, 0.4) is 0 Å². The zero-order valence-electron chi connectivity index (χ0n) is 10.6. The second-order valence-corrected chi connectivity index (χ2v) is 5.13. The molecule has 0 aliphatic rings. The maximum absolute atomic E-state index is 10.7. The van der Waals surface area contributed by atoms with E-state index >= 15 is 0 Å². The van der Waals surface area contributed by atoms with E-state index in [-0.39, 0.29) is 11.7 Å². The number of nitrogens with zero attached hydrogens (tertiary/aromatic N) is 3. The summed E-state index contributed by atoms with van der Waals surface area (Å²) in [5.41, 5.74) is 1.15.